The van der Waals surface area contributed by atoms with Gasteiger partial charge >= 0.3 is 8.56 Å². The molecule has 0 aromatic carbocycles. The molecule has 1 atom stereocenters. The predicted molar refractivity (Wildman–Crippen MR) is 184 cm³/mol. The quantitative estimate of drug-likeness (QED) is 0.223. The summed E-state index contributed by atoms with van der Waals surface area (Å²) in [5.74, 6) is 0. The lowest BCUT2D eigenvalue weighted by Crippen LogP contribution is -2.49. The molecule has 0 spiro atoms. The van der Waals surface area contributed by atoms with E-state index >= 15 is 0 Å². The van der Waals surface area contributed by atoms with E-state index in [0.717, 1.165) is 0 Å². The highest BCUT2D eigenvalue weighted by molar-refractivity contribution is 6.85. The summed E-state index contributed by atoms with van der Waals surface area (Å²) < 4.78 is 34.1. The maximum atomic E-state index is 6.14. The van der Waals surface area contributed by atoms with E-state index < -0.39 is 68.5 Å². The third-order valence-corrected chi connectivity index (χ3v) is 22.5. The zero-order valence-corrected chi connectivity index (χ0v) is 36.9. The second kappa shape index (κ2) is 18.8. The molecule has 6 nitrogen and oxygen atoms in total. The normalized spacial score (nSPS) is 14.1. The summed E-state index contributed by atoms with van der Waals surface area (Å²) in [6, 6.07) is 0. The monoisotopic (exact) mass is 652 g/mol. The highest BCUT2D eigenvalue weighted by Crippen LogP contribution is 2.18. The predicted octanol–water partition coefficient (Wildman–Crippen LogP) is 8.01. The molecule has 0 aromatic rings. The van der Waals surface area contributed by atoms with Gasteiger partial charge in [-0.1, -0.05) is 0 Å². The first-order valence-corrected chi connectivity index (χ1v) is 37.9. The van der Waals surface area contributed by atoms with Crippen LogP contribution in [0.25, 0.3) is 0 Å². The summed E-state index contributed by atoms with van der Waals surface area (Å²) in [5, 5.41) is 0. The fourth-order valence-corrected chi connectivity index (χ4v) is 24.3. The Balaban J connectivity index is -0.000000215. The van der Waals surface area contributed by atoms with E-state index in [4.69, 9.17) is 25.3 Å². The van der Waals surface area contributed by atoms with Crippen molar-refractivity contribution in [2.45, 2.75) is 131 Å². The number of hydrogen-bond donors (Lipinski definition) is 0. The topological polar surface area (TPSA) is 55.4 Å². The minimum absolute atomic E-state index is 0.650. The molecule has 1 unspecified atom stereocenters. The first kappa shape index (κ1) is 44.5. The van der Waals surface area contributed by atoms with Crippen LogP contribution in [-0.2, 0) is 25.3 Å². The summed E-state index contributed by atoms with van der Waals surface area (Å²) in [4.78, 5) is 0. The zero-order chi connectivity index (χ0) is 30.4. The molecule has 0 saturated carbocycles. The Hall–Kier alpha value is 1.50. The van der Waals surface area contributed by atoms with Gasteiger partial charge in [0.15, 0.2) is 50.6 Å². The summed E-state index contributed by atoms with van der Waals surface area (Å²) >= 11 is 0. The number of rotatable bonds is 10. The lowest BCUT2D eigenvalue weighted by molar-refractivity contribution is 0.352. The molecule has 14 heteroatoms. The number of hydrogen-bond acceptors (Lipinski definition) is 6. The molecular weight excluding hydrogens is 585 g/mol. The van der Waals surface area contributed by atoms with E-state index in [0.29, 0.717) is 0 Å². The summed E-state index contributed by atoms with van der Waals surface area (Å²) in [5.41, 5.74) is 0. The lowest BCUT2D eigenvalue weighted by atomic mass is 11.8. The fraction of sp³-hybridized carbons (Fsp3) is 1.00. The van der Waals surface area contributed by atoms with Crippen LogP contribution in [-0.4, -0.2) is 82.7 Å². The van der Waals surface area contributed by atoms with Gasteiger partial charge in [0.1, 0.15) is 0 Å². The maximum absolute atomic E-state index is 6.14. The van der Waals surface area contributed by atoms with Crippen LogP contribution in [0.3, 0.4) is 0 Å². The highest BCUT2D eigenvalue weighted by atomic mass is 28.5. The molecule has 0 aliphatic carbocycles. The van der Waals surface area contributed by atoms with Crippen molar-refractivity contribution < 1.29 is 25.3 Å². The van der Waals surface area contributed by atoms with Crippen LogP contribution in [0, 0.1) is 0 Å². The van der Waals surface area contributed by atoms with Crippen LogP contribution >= 0.6 is 0 Å². The molecule has 0 radical (unpaired) electrons. The Morgan fingerprint density at radius 3 is 0.833 bits per heavy atom. The van der Waals surface area contributed by atoms with Gasteiger partial charge in [-0.25, -0.2) is 0 Å². The second-order valence-electron chi connectivity index (χ2n) is 14.5. The van der Waals surface area contributed by atoms with Crippen molar-refractivity contribution in [3.63, 3.8) is 0 Å². The van der Waals surface area contributed by atoms with Crippen LogP contribution < -0.4 is 0 Å². The molecule has 0 heterocycles. The van der Waals surface area contributed by atoms with Crippen molar-refractivity contribution >= 4 is 68.5 Å². The molecule has 0 fully saturated rings. The van der Waals surface area contributed by atoms with Crippen LogP contribution in [0.1, 0.15) is 0 Å². The van der Waals surface area contributed by atoms with Crippen LogP contribution in [0.4, 0.5) is 0 Å². The van der Waals surface area contributed by atoms with E-state index in [1.165, 1.54) is 0 Å². The smallest absolute Gasteiger partial charge is 0.312 e. The summed E-state index contributed by atoms with van der Waals surface area (Å²) in [6.07, 6.45) is 0. The molecule has 0 N–H and O–H groups in total. The van der Waals surface area contributed by atoms with Gasteiger partial charge in [-0.3, -0.25) is 0 Å². The van der Waals surface area contributed by atoms with Gasteiger partial charge in [0.05, 0.1) is 0 Å². The van der Waals surface area contributed by atoms with Crippen LogP contribution in [0.5, 0.6) is 0 Å². The molecule has 0 aromatic heterocycles. The molecule has 0 rings (SSSR count). The lowest BCUT2D eigenvalue weighted by Gasteiger charge is -2.34. The second-order valence-corrected chi connectivity index (χ2v) is 46.0. The van der Waals surface area contributed by atoms with Gasteiger partial charge in [0, 0.05) is 14.2 Å². The minimum Gasteiger partial charge on any atom is -0.456 e. The van der Waals surface area contributed by atoms with Crippen molar-refractivity contribution in [1.29, 1.82) is 0 Å². The molecule has 0 aliphatic rings. The van der Waals surface area contributed by atoms with Crippen molar-refractivity contribution in [1.82, 2.24) is 0 Å². The Labute approximate surface area is 238 Å². The van der Waals surface area contributed by atoms with Gasteiger partial charge < -0.3 is 25.3 Å². The zero-order valence-electron chi connectivity index (χ0n) is 28.6. The van der Waals surface area contributed by atoms with Crippen LogP contribution in [0.2, 0.25) is 131 Å². The van der Waals surface area contributed by atoms with Crippen molar-refractivity contribution in [2.24, 2.45) is 0 Å². The summed E-state index contributed by atoms with van der Waals surface area (Å²) in [7, 11) is -7.18. The Bertz CT molecular complexity index is 519. The largest absolute Gasteiger partial charge is 0.456 e. The van der Waals surface area contributed by atoms with E-state index in [2.05, 4.69) is 131 Å². The molecule has 36 heavy (non-hydrogen) atoms. The van der Waals surface area contributed by atoms with E-state index in [1.807, 2.05) is 0 Å². The molecule has 0 amide bonds. The Morgan fingerprint density at radius 2 is 0.694 bits per heavy atom. The average molecular weight is 653 g/mol. The first-order chi connectivity index (χ1) is 15.3. The van der Waals surface area contributed by atoms with Crippen molar-refractivity contribution in [2.75, 3.05) is 14.2 Å². The van der Waals surface area contributed by atoms with Gasteiger partial charge in [-0.2, -0.15) is 0 Å². The fourth-order valence-electron chi connectivity index (χ4n) is 2.60. The van der Waals surface area contributed by atoms with Gasteiger partial charge in [-0.15, -0.1) is 0 Å². The molecular formula is C22H68O6Si8. The van der Waals surface area contributed by atoms with Crippen molar-refractivity contribution in [3.8, 4) is 0 Å². The maximum Gasteiger partial charge on any atom is 0.312 e. The minimum atomic E-state index is -1.98. The van der Waals surface area contributed by atoms with Gasteiger partial charge in [0.25, 0.3) is 9.28 Å². The standard InChI is InChI=1S/C9H28O3Si4.C6H18OSi2.C4H12OSi.C3H10OSi/c1-13(10-14(2,3)4)11-16(8,9)12-15(5,6)7;1-8(2,3)7-9(4,5)6;1-5-6(2,3)4;1-4-5(2)3/h13H,1-9H3;1-6H3;1-4H3;5H,1-3H3. The summed E-state index contributed by atoms with van der Waals surface area (Å²) in [6.45, 7) is 43.8. The molecule has 0 aliphatic heterocycles. The molecule has 224 valence electrons. The average Bonchev–Trinajstić information content (AvgIpc) is 2.47. The van der Waals surface area contributed by atoms with Gasteiger partial charge in [-0.05, 0) is 131 Å². The Kier molecular flexibility index (Phi) is 23.2. The molecule has 0 bridgehead atoms. The van der Waals surface area contributed by atoms with E-state index in [1.54, 1.807) is 14.2 Å². The van der Waals surface area contributed by atoms with Crippen LogP contribution in [0.15, 0.2) is 0 Å². The third kappa shape index (κ3) is 52.0. The third-order valence-electron chi connectivity index (χ3n) is 3.22. The Morgan fingerprint density at radius 1 is 0.417 bits per heavy atom. The van der Waals surface area contributed by atoms with E-state index in [9.17, 15) is 0 Å². The van der Waals surface area contributed by atoms with E-state index in [-0.39, 0.29) is 0 Å². The van der Waals surface area contributed by atoms with Gasteiger partial charge in [0.2, 0.25) is 0 Å². The molecule has 0 saturated heterocycles. The SMILES string of the molecule is CO[SiH](C)C.CO[Si](C)(C)C.C[SiH](O[Si](C)(C)C)O[Si](C)(C)O[Si](C)(C)C.C[Si](C)(C)O[Si](C)(C)C. The first-order valence-electron chi connectivity index (χ1n) is 13.2. The highest BCUT2D eigenvalue weighted by Gasteiger charge is 2.34. The van der Waals surface area contributed by atoms with Crippen molar-refractivity contribution in [3.05, 3.63) is 0 Å².